The number of benzene rings is 1. The number of hydrogen-bond donors (Lipinski definition) is 1. The van der Waals surface area contributed by atoms with Crippen molar-refractivity contribution in [1.82, 2.24) is 0 Å². The van der Waals surface area contributed by atoms with Crippen LogP contribution < -0.4 is 0 Å². The van der Waals surface area contributed by atoms with Gasteiger partial charge in [0.25, 0.3) is 0 Å². The Hall–Kier alpha value is -0.860. The highest BCUT2D eigenvalue weighted by molar-refractivity contribution is 5.28. The Labute approximate surface area is 122 Å². The predicted molar refractivity (Wildman–Crippen MR) is 80.8 cm³/mol. The van der Waals surface area contributed by atoms with Crippen LogP contribution in [0.2, 0.25) is 0 Å². The summed E-state index contributed by atoms with van der Waals surface area (Å²) in [7, 11) is 0. The van der Waals surface area contributed by atoms with E-state index in [9.17, 15) is 5.11 Å². The summed E-state index contributed by atoms with van der Waals surface area (Å²) in [5, 5.41) is 10.9. The summed E-state index contributed by atoms with van der Waals surface area (Å²) in [5.41, 5.74) is 1.33. The number of hydrogen-bond acceptors (Lipinski definition) is 2. The van der Waals surface area contributed by atoms with Crippen molar-refractivity contribution in [1.29, 1.82) is 0 Å². The zero-order chi connectivity index (χ0) is 13.8. The quantitative estimate of drug-likeness (QED) is 0.884. The molecule has 1 aliphatic carbocycles. The molecule has 2 atom stereocenters. The molecule has 0 amide bonds. The second-order valence-corrected chi connectivity index (χ2v) is 6.46. The summed E-state index contributed by atoms with van der Waals surface area (Å²) in [6.45, 7) is 0.907. The number of aliphatic hydroxyl groups is 1. The predicted octanol–water partition coefficient (Wildman–Crippen LogP) is 3.82. The molecule has 0 radical (unpaired) electrons. The summed E-state index contributed by atoms with van der Waals surface area (Å²) in [6, 6.07) is 10.6. The number of aliphatic hydroxyl groups excluding tert-OH is 1. The average molecular weight is 274 g/mol. The molecule has 3 rings (SSSR count). The first-order valence-electron chi connectivity index (χ1n) is 8.16. The van der Waals surface area contributed by atoms with Crippen LogP contribution in [0.3, 0.4) is 0 Å². The largest absolute Gasteiger partial charge is 0.392 e. The number of rotatable bonds is 5. The van der Waals surface area contributed by atoms with Gasteiger partial charge in [-0.05, 0) is 44.1 Å². The standard InChI is InChI=1S/C18H26O2/c19-17(11-10-16-9-6-14-20-16)18(12-4-5-13-18)15-7-2-1-3-8-15/h1-3,7-8,16-17,19H,4-6,9-14H2. The molecule has 0 spiro atoms. The maximum absolute atomic E-state index is 10.9. The van der Waals surface area contributed by atoms with Crippen LogP contribution in [0.5, 0.6) is 0 Å². The summed E-state index contributed by atoms with van der Waals surface area (Å²) in [4.78, 5) is 0. The molecule has 2 unspecified atom stereocenters. The van der Waals surface area contributed by atoms with Crippen LogP contribution in [0.4, 0.5) is 0 Å². The van der Waals surface area contributed by atoms with Gasteiger partial charge in [-0.25, -0.2) is 0 Å². The lowest BCUT2D eigenvalue weighted by Gasteiger charge is -2.35. The van der Waals surface area contributed by atoms with Gasteiger partial charge in [0.15, 0.2) is 0 Å². The third-order valence-electron chi connectivity index (χ3n) is 5.27. The summed E-state index contributed by atoms with van der Waals surface area (Å²) >= 11 is 0. The molecular weight excluding hydrogens is 248 g/mol. The van der Waals surface area contributed by atoms with E-state index < -0.39 is 0 Å². The molecule has 2 aliphatic rings. The minimum absolute atomic E-state index is 0.000135. The van der Waals surface area contributed by atoms with E-state index in [1.54, 1.807) is 0 Å². The van der Waals surface area contributed by atoms with Crippen LogP contribution in [0, 0.1) is 0 Å². The minimum Gasteiger partial charge on any atom is -0.392 e. The smallest absolute Gasteiger partial charge is 0.0637 e. The van der Waals surface area contributed by atoms with Crippen molar-refractivity contribution in [3.8, 4) is 0 Å². The maximum atomic E-state index is 10.9. The van der Waals surface area contributed by atoms with Gasteiger partial charge in [-0.15, -0.1) is 0 Å². The summed E-state index contributed by atoms with van der Waals surface area (Å²) in [6.07, 6.45) is 9.14. The van der Waals surface area contributed by atoms with E-state index in [1.165, 1.54) is 31.2 Å². The molecule has 0 aromatic heterocycles. The fourth-order valence-corrected chi connectivity index (χ4v) is 4.08. The lowest BCUT2D eigenvalue weighted by molar-refractivity contribution is 0.0451. The molecule has 1 saturated carbocycles. The highest BCUT2D eigenvalue weighted by Crippen LogP contribution is 2.45. The highest BCUT2D eigenvalue weighted by Gasteiger charge is 2.41. The normalized spacial score (nSPS) is 26.8. The lowest BCUT2D eigenvalue weighted by atomic mass is 9.72. The van der Waals surface area contributed by atoms with Gasteiger partial charge in [-0.1, -0.05) is 43.2 Å². The second-order valence-electron chi connectivity index (χ2n) is 6.46. The molecular formula is C18H26O2. The molecule has 1 aromatic rings. The van der Waals surface area contributed by atoms with E-state index in [0.717, 1.165) is 32.3 Å². The van der Waals surface area contributed by atoms with Crippen molar-refractivity contribution in [3.05, 3.63) is 35.9 Å². The van der Waals surface area contributed by atoms with E-state index in [-0.39, 0.29) is 11.5 Å². The Balaban J connectivity index is 1.69. The van der Waals surface area contributed by atoms with Gasteiger partial charge < -0.3 is 9.84 Å². The van der Waals surface area contributed by atoms with Crippen molar-refractivity contribution < 1.29 is 9.84 Å². The maximum Gasteiger partial charge on any atom is 0.0637 e. The van der Waals surface area contributed by atoms with E-state index in [4.69, 9.17) is 4.74 Å². The monoisotopic (exact) mass is 274 g/mol. The van der Waals surface area contributed by atoms with Crippen LogP contribution in [0.25, 0.3) is 0 Å². The third-order valence-corrected chi connectivity index (χ3v) is 5.27. The Kier molecular flexibility index (Phi) is 4.42. The van der Waals surface area contributed by atoms with E-state index in [1.807, 2.05) is 0 Å². The lowest BCUT2D eigenvalue weighted by Crippen LogP contribution is -2.37. The second kappa shape index (κ2) is 6.28. The van der Waals surface area contributed by atoms with E-state index in [0.29, 0.717) is 6.10 Å². The van der Waals surface area contributed by atoms with Gasteiger partial charge in [0, 0.05) is 12.0 Å². The first-order valence-corrected chi connectivity index (χ1v) is 8.16. The van der Waals surface area contributed by atoms with Gasteiger partial charge in [0.1, 0.15) is 0 Å². The Morgan fingerprint density at radius 2 is 1.90 bits per heavy atom. The van der Waals surface area contributed by atoms with Gasteiger partial charge in [-0.3, -0.25) is 0 Å². The fourth-order valence-electron chi connectivity index (χ4n) is 4.08. The van der Waals surface area contributed by atoms with Gasteiger partial charge in [-0.2, -0.15) is 0 Å². The van der Waals surface area contributed by atoms with E-state index in [2.05, 4.69) is 30.3 Å². The molecule has 2 heteroatoms. The van der Waals surface area contributed by atoms with Crippen LogP contribution in [0.1, 0.15) is 56.9 Å². The molecule has 2 nitrogen and oxygen atoms in total. The van der Waals surface area contributed by atoms with Crippen molar-refractivity contribution >= 4 is 0 Å². The molecule has 1 aromatic carbocycles. The van der Waals surface area contributed by atoms with Crippen LogP contribution >= 0.6 is 0 Å². The molecule has 1 heterocycles. The SMILES string of the molecule is OC(CCC1CCCO1)C1(c2ccccc2)CCCC1. The average Bonchev–Trinajstić information content (AvgIpc) is 3.18. The first-order chi connectivity index (χ1) is 9.81. The Morgan fingerprint density at radius 3 is 2.55 bits per heavy atom. The van der Waals surface area contributed by atoms with Crippen molar-refractivity contribution in [3.63, 3.8) is 0 Å². The molecule has 1 N–H and O–H groups in total. The summed E-state index contributed by atoms with van der Waals surface area (Å²) in [5.74, 6) is 0. The molecule has 1 saturated heterocycles. The topological polar surface area (TPSA) is 29.5 Å². The molecule has 0 bridgehead atoms. The highest BCUT2D eigenvalue weighted by atomic mass is 16.5. The minimum atomic E-state index is -0.225. The molecule has 1 aliphatic heterocycles. The van der Waals surface area contributed by atoms with Crippen molar-refractivity contribution in [2.75, 3.05) is 6.61 Å². The van der Waals surface area contributed by atoms with E-state index >= 15 is 0 Å². The van der Waals surface area contributed by atoms with Crippen molar-refractivity contribution in [2.24, 2.45) is 0 Å². The van der Waals surface area contributed by atoms with Crippen LogP contribution in [0.15, 0.2) is 30.3 Å². The first kappa shape index (κ1) is 14.1. The third kappa shape index (κ3) is 2.77. The van der Waals surface area contributed by atoms with Gasteiger partial charge >= 0.3 is 0 Å². The van der Waals surface area contributed by atoms with Gasteiger partial charge in [0.05, 0.1) is 12.2 Å². The number of ether oxygens (including phenoxy) is 1. The van der Waals surface area contributed by atoms with Crippen LogP contribution in [-0.4, -0.2) is 23.9 Å². The zero-order valence-electron chi connectivity index (χ0n) is 12.3. The zero-order valence-corrected chi connectivity index (χ0v) is 12.3. The Morgan fingerprint density at radius 1 is 1.15 bits per heavy atom. The van der Waals surface area contributed by atoms with Crippen molar-refractivity contribution in [2.45, 2.75) is 69.0 Å². The Bertz CT molecular complexity index is 403. The van der Waals surface area contributed by atoms with Crippen LogP contribution in [-0.2, 0) is 10.2 Å². The molecule has 110 valence electrons. The fraction of sp³-hybridized carbons (Fsp3) is 0.667. The summed E-state index contributed by atoms with van der Waals surface area (Å²) < 4.78 is 5.69. The molecule has 2 fully saturated rings. The van der Waals surface area contributed by atoms with Gasteiger partial charge in [0.2, 0.25) is 0 Å². The molecule has 20 heavy (non-hydrogen) atoms.